The van der Waals surface area contributed by atoms with Crippen molar-refractivity contribution in [3.05, 3.63) is 241 Å². The quantitative estimate of drug-likeness (QED) is 0.111. The number of allylic oxidation sites excluding steroid dienone is 7. The van der Waals surface area contributed by atoms with E-state index in [1.165, 1.54) is 87.4 Å². The largest absolute Gasteiger partial charge is 0.347 e. The van der Waals surface area contributed by atoms with Crippen molar-refractivity contribution in [2.75, 3.05) is 11.4 Å². The zero-order valence-electron chi connectivity index (χ0n) is 36.3. The summed E-state index contributed by atoms with van der Waals surface area (Å²) in [5.41, 5.74) is 13.0. The van der Waals surface area contributed by atoms with E-state index in [4.69, 9.17) is 0 Å². The fourth-order valence-electron chi connectivity index (χ4n) is 10.2. The molecule has 0 fully saturated rings. The summed E-state index contributed by atoms with van der Waals surface area (Å²) in [4.78, 5) is 2.44. The van der Waals surface area contributed by atoms with Crippen LogP contribution in [0.1, 0.15) is 36.0 Å². The molecule has 1 unspecified atom stereocenters. The molecule has 1 nitrogen and oxygen atoms in total. The molecule has 0 bridgehead atoms. The van der Waals surface area contributed by atoms with Crippen molar-refractivity contribution in [3.63, 3.8) is 0 Å². The van der Waals surface area contributed by atoms with Crippen LogP contribution >= 0.6 is 0 Å². The van der Waals surface area contributed by atoms with Crippen LogP contribution in [-0.4, -0.2) is 6.54 Å². The van der Waals surface area contributed by atoms with Gasteiger partial charge >= 0.3 is 0 Å². The lowest BCUT2D eigenvalue weighted by molar-refractivity contribution is 0.655. The molecule has 64 heavy (non-hydrogen) atoms. The SMILES string of the molecule is C=C/C=C\C(=C/N(CC1C=CC=CC1)c1ccccc1)c1c2c(c(-c3ccc(-c4c(C=C)c(C=C)c(-c5ccccc5)c5ccccc45)c4ccccc34)c3ccccc13)=CCCC=2. The molecule has 0 saturated heterocycles. The van der Waals surface area contributed by atoms with E-state index in [1.807, 2.05) is 18.2 Å². The number of nitrogens with zero attached hydrogens (tertiary/aromatic N) is 1. The van der Waals surface area contributed by atoms with E-state index < -0.39 is 0 Å². The highest BCUT2D eigenvalue weighted by atomic mass is 15.1. The Morgan fingerprint density at radius 2 is 1.09 bits per heavy atom. The molecular weight excluding hydrogens is 771 g/mol. The summed E-state index contributed by atoms with van der Waals surface area (Å²) in [6.45, 7) is 13.8. The van der Waals surface area contributed by atoms with Crippen molar-refractivity contribution in [2.24, 2.45) is 5.92 Å². The second-order valence-electron chi connectivity index (χ2n) is 16.7. The highest BCUT2D eigenvalue weighted by Gasteiger charge is 2.23. The van der Waals surface area contributed by atoms with Crippen molar-refractivity contribution in [1.29, 1.82) is 0 Å². The Bertz CT molecular complexity index is 3370. The van der Waals surface area contributed by atoms with Crippen molar-refractivity contribution in [3.8, 4) is 33.4 Å². The Morgan fingerprint density at radius 3 is 1.72 bits per heavy atom. The number of fused-ring (bicyclic) bond motifs is 4. The van der Waals surface area contributed by atoms with Gasteiger partial charge in [-0.2, -0.15) is 0 Å². The first-order chi connectivity index (χ1) is 31.7. The van der Waals surface area contributed by atoms with Gasteiger partial charge in [0.25, 0.3) is 0 Å². The van der Waals surface area contributed by atoms with Gasteiger partial charge in [-0.3, -0.25) is 0 Å². The molecule has 0 N–H and O–H groups in total. The van der Waals surface area contributed by atoms with Gasteiger partial charge in [0.2, 0.25) is 0 Å². The van der Waals surface area contributed by atoms with Gasteiger partial charge in [0, 0.05) is 18.4 Å². The van der Waals surface area contributed by atoms with Crippen LogP contribution in [0.4, 0.5) is 5.69 Å². The molecule has 1 atom stereocenters. The predicted molar refractivity (Wildman–Crippen MR) is 280 cm³/mol. The molecule has 0 radical (unpaired) electrons. The molecule has 2 aliphatic rings. The Labute approximate surface area is 377 Å². The Hall–Kier alpha value is -7.74. The van der Waals surface area contributed by atoms with E-state index in [1.54, 1.807) is 0 Å². The average molecular weight is 822 g/mol. The average Bonchev–Trinajstić information content (AvgIpc) is 3.36. The molecule has 0 aliphatic heterocycles. The minimum atomic E-state index is 0.404. The summed E-state index contributed by atoms with van der Waals surface area (Å²) < 4.78 is 0. The maximum Gasteiger partial charge on any atom is 0.0406 e. The minimum Gasteiger partial charge on any atom is -0.347 e. The standard InChI is InChI=1S/C63H51N/c1-4-7-27-46(43-64(47-30-15-10-16-31-47)42-44-25-11-8-12-26-44)61-53-35-20-23-38-56(53)63(57-39-24-21-36-54(57)61)59-41-40-58(50-32-17-18-33-51(50)59)62-49(6-3)48(5-2)60(45-28-13-9-14-29-45)52-34-19-22-37-55(52)62/h4-20,22-23,25,27-41,43-44H,1-3,21,24,26,42H2/b27-7-,46-43+. The van der Waals surface area contributed by atoms with E-state index in [2.05, 4.69) is 225 Å². The van der Waals surface area contributed by atoms with Gasteiger partial charge in [0.05, 0.1) is 0 Å². The lowest BCUT2D eigenvalue weighted by atomic mass is 9.81. The first-order valence-electron chi connectivity index (χ1n) is 22.5. The zero-order valence-corrected chi connectivity index (χ0v) is 36.3. The van der Waals surface area contributed by atoms with Gasteiger partial charge in [-0.15, -0.1) is 0 Å². The summed E-state index contributed by atoms with van der Waals surface area (Å²) in [6, 6.07) is 53.0. The van der Waals surface area contributed by atoms with Crippen molar-refractivity contribution < 1.29 is 0 Å². The third-order valence-corrected chi connectivity index (χ3v) is 13.0. The molecule has 0 heterocycles. The van der Waals surface area contributed by atoms with Crippen LogP contribution in [0, 0.1) is 5.92 Å². The van der Waals surface area contributed by atoms with Crippen LogP contribution in [0.15, 0.2) is 214 Å². The maximum absolute atomic E-state index is 4.42. The smallest absolute Gasteiger partial charge is 0.0406 e. The van der Waals surface area contributed by atoms with Crippen molar-refractivity contribution >= 4 is 67.9 Å². The summed E-state index contributed by atoms with van der Waals surface area (Å²) in [6.07, 6.45) is 29.5. The molecule has 0 saturated carbocycles. The number of benzene rings is 8. The van der Waals surface area contributed by atoms with Crippen LogP contribution in [0.5, 0.6) is 0 Å². The third-order valence-electron chi connectivity index (χ3n) is 13.0. The van der Waals surface area contributed by atoms with E-state index in [9.17, 15) is 0 Å². The van der Waals surface area contributed by atoms with Crippen molar-refractivity contribution in [1.82, 2.24) is 0 Å². The molecule has 1 heteroatoms. The zero-order chi connectivity index (χ0) is 43.4. The van der Waals surface area contributed by atoms with Gasteiger partial charge in [-0.25, -0.2) is 0 Å². The fourth-order valence-corrected chi connectivity index (χ4v) is 10.2. The molecule has 10 rings (SSSR count). The molecule has 308 valence electrons. The summed E-state index contributed by atoms with van der Waals surface area (Å²) in [5.74, 6) is 0.404. The van der Waals surface area contributed by atoms with Gasteiger partial charge < -0.3 is 4.90 Å². The van der Waals surface area contributed by atoms with Gasteiger partial charge in [-0.05, 0) is 136 Å². The van der Waals surface area contributed by atoms with Gasteiger partial charge in [0.15, 0.2) is 0 Å². The molecular formula is C63H51N. The minimum absolute atomic E-state index is 0.404. The van der Waals surface area contributed by atoms with Crippen LogP contribution in [0.2, 0.25) is 0 Å². The summed E-state index contributed by atoms with van der Waals surface area (Å²) in [5, 5.41) is 9.87. The third kappa shape index (κ3) is 7.29. The molecule has 2 aliphatic carbocycles. The number of anilines is 1. The molecule has 0 amide bonds. The fraction of sp³-hybridized carbons (Fsp3) is 0.0794. The molecule has 0 aromatic heterocycles. The second kappa shape index (κ2) is 17.9. The maximum atomic E-state index is 4.42. The lowest BCUT2D eigenvalue weighted by Gasteiger charge is -2.27. The topological polar surface area (TPSA) is 3.24 Å². The monoisotopic (exact) mass is 821 g/mol. The summed E-state index contributed by atoms with van der Waals surface area (Å²) >= 11 is 0. The van der Waals surface area contributed by atoms with E-state index >= 15 is 0 Å². The molecule has 0 spiro atoms. The Balaban J connectivity index is 1.23. The van der Waals surface area contributed by atoms with E-state index in [0.717, 1.165) is 42.5 Å². The number of rotatable bonds is 12. The normalized spacial score (nSPS) is 14.6. The predicted octanol–water partition coefficient (Wildman–Crippen LogP) is 15.5. The first-order valence-corrected chi connectivity index (χ1v) is 22.5. The summed E-state index contributed by atoms with van der Waals surface area (Å²) in [7, 11) is 0. The van der Waals surface area contributed by atoms with Gasteiger partial charge in [0.1, 0.15) is 0 Å². The van der Waals surface area contributed by atoms with Gasteiger partial charge in [-0.1, -0.05) is 220 Å². The Kier molecular flexibility index (Phi) is 11.3. The number of hydrogen-bond acceptors (Lipinski definition) is 1. The molecule has 8 aromatic rings. The molecule has 8 aromatic carbocycles. The van der Waals surface area contributed by atoms with E-state index in [-0.39, 0.29) is 0 Å². The first kappa shape index (κ1) is 40.3. The highest BCUT2D eigenvalue weighted by molar-refractivity contribution is 6.18. The Morgan fingerprint density at radius 1 is 0.547 bits per heavy atom. The van der Waals surface area contributed by atoms with E-state index in [0.29, 0.717) is 5.92 Å². The number of hydrogen-bond donors (Lipinski definition) is 0. The number of para-hydroxylation sites is 1. The highest BCUT2D eigenvalue weighted by Crippen LogP contribution is 2.46. The van der Waals surface area contributed by atoms with Crippen molar-refractivity contribution in [2.45, 2.75) is 19.3 Å². The van der Waals surface area contributed by atoms with Crippen LogP contribution in [0.25, 0.3) is 95.6 Å². The van der Waals surface area contributed by atoms with Crippen LogP contribution in [0.3, 0.4) is 0 Å². The lowest BCUT2D eigenvalue weighted by Crippen LogP contribution is -2.33. The van der Waals surface area contributed by atoms with Crippen LogP contribution in [-0.2, 0) is 0 Å². The second-order valence-corrected chi connectivity index (χ2v) is 16.7. The van der Waals surface area contributed by atoms with Crippen LogP contribution < -0.4 is 15.3 Å².